The van der Waals surface area contributed by atoms with Crippen LogP contribution in [0.25, 0.3) is 0 Å². The minimum Gasteiger partial charge on any atom is -0.378 e. The minimum atomic E-state index is -0.122. The van der Waals surface area contributed by atoms with Gasteiger partial charge >= 0.3 is 0 Å². The number of benzene rings is 1. The van der Waals surface area contributed by atoms with E-state index in [2.05, 4.69) is 49.9 Å². The molecule has 1 aromatic rings. The number of nitrogens with zero attached hydrogens (tertiary/aromatic N) is 2. The van der Waals surface area contributed by atoms with Gasteiger partial charge in [0.15, 0.2) is 0 Å². The van der Waals surface area contributed by atoms with Gasteiger partial charge in [-0.1, -0.05) is 32.9 Å². The number of hydrogen-bond acceptors (Lipinski definition) is 3. The zero-order valence-electron chi connectivity index (χ0n) is 14.2. The van der Waals surface area contributed by atoms with Crippen molar-refractivity contribution < 1.29 is 4.79 Å². The molecule has 1 unspecified atom stereocenters. The molecule has 2 N–H and O–H groups in total. The van der Waals surface area contributed by atoms with E-state index in [0.29, 0.717) is 13.0 Å². The van der Waals surface area contributed by atoms with Gasteiger partial charge in [-0.05, 0) is 23.1 Å². The summed E-state index contributed by atoms with van der Waals surface area (Å²) in [6.07, 6.45) is 0.385. The van der Waals surface area contributed by atoms with Crippen molar-refractivity contribution in [1.29, 1.82) is 0 Å². The number of rotatable bonds is 5. The van der Waals surface area contributed by atoms with Gasteiger partial charge in [-0.3, -0.25) is 4.79 Å². The molecule has 0 aromatic heterocycles. The van der Waals surface area contributed by atoms with Crippen molar-refractivity contribution in [2.24, 2.45) is 11.1 Å². The van der Waals surface area contributed by atoms with E-state index < -0.39 is 0 Å². The van der Waals surface area contributed by atoms with Gasteiger partial charge in [0.25, 0.3) is 0 Å². The number of amides is 1. The maximum Gasteiger partial charge on any atom is 0.224 e. The van der Waals surface area contributed by atoms with Crippen LogP contribution in [0.2, 0.25) is 0 Å². The van der Waals surface area contributed by atoms with Crippen molar-refractivity contribution in [2.45, 2.75) is 39.8 Å². The highest BCUT2D eigenvalue weighted by molar-refractivity contribution is 5.76. The van der Waals surface area contributed by atoms with E-state index in [1.807, 2.05) is 21.1 Å². The van der Waals surface area contributed by atoms with Crippen LogP contribution in [0, 0.1) is 5.41 Å². The first-order valence-corrected chi connectivity index (χ1v) is 7.37. The summed E-state index contributed by atoms with van der Waals surface area (Å²) in [5.41, 5.74) is 8.31. The Kier molecular flexibility index (Phi) is 5.78. The maximum absolute atomic E-state index is 12.2. The van der Waals surface area contributed by atoms with Gasteiger partial charge in [-0.2, -0.15) is 0 Å². The van der Waals surface area contributed by atoms with Crippen LogP contribution in [0.3, 0.4) is 0 Å². The molecule has 0 aliphatic carbocycles. The van der Waals surface area contributed by atoms with Crippen molar-refractivity contribution in [3.05, 3.63) is 29.8 Å². The van der Waals surface area contributed by atoms with Crippen LogP contribution in [-0.2, 0) is 11.3 Å². The second-order valence-corrected chi connectivity index (χ2v) is 6.99. The summed E-state index contributed by atoms with van der Waals surface area (Å²) in [4.78, 5) is 16.0. The van der Waals surface area contributed by atoms with Crippen LogP contribution < -0.4 is 10.6 Å². The van der Waals surface area contributed by atoms with E-state index in [1.54, 1.807) is 4.90 Å². The topological polar surface area (TPSA) is 49.6 Å². The molecule has 0 saturated carbocycles. The quantitative estimate of drug-likeness (QED) is 0.906. The molecule has 1 amide bonds. The van der Waals surface area contributed by atoms with E-state index in [0.717, 1.165) is 11.3 Å². The fourth-order valence-corrected chi connectivity index (χ4v) is 1.91. The van der Waals surface area contributed by atoms with E-state index in [9.17, 15) is 4.79 Å². The molecule has 4 nitrogen and oxygen atoms in total. The predicted molar refractivity (Wildman–Crippen MR) is 89.3 cm³/mol. The second kappa shape index (κ2) is 6.94. The van der Waals surface area contributed by atoms with Gasteiger partial charge in [-0.15, -0.1) is 0 Å². The summed E-state index contributed by atoms with van der Waals surface area (Å²) >= 11 is 0. The molecular formula is C17H29N3O. The molecule has 118 valence electrons. The van der Waals surface area contributed by atoms with E-state index >= 15 is 0 Å². The lowest BCUT2D eigenvalue weighted by Gasteiger charge is -2.28. The number of carbonyl (C=O) groups excluding carboxylic acids is 1. The monoisotopic (exact) mass is 291 g/mol. The first-order valence-electron chi connectivity index (χ1n) is 7.37. The van der Waals surface area contributed by atoms with Crippen LogP contribution in [0.1, 0.15) is 32.8 Å². The van der Waals surface area contributed by atoms with Gasteiger partial charge in [0.05, 0.1) is 0 Å². The Bertz CT molecular complexity index is 460. The van der Waals surface area contributed by atoms with Crippen LogP contribution >= 0.6 is 0 Å². The number of anilines is 1. The van der Waals surface area contributed by atoms with Crippen molar-refractivity contribution >= 4 is 11.6 Å². The molecule has 21 heavy (non-hydrogen) atoms. The fraction of sp³-hybridized carbons (Fsp3) is 0.588. The Balaban J connectivity index is 2.60. The van der Waals surface area contributed by atoms with Gasteiger partial charge < -0.3 is 15.5 Å². The summed E-state index contributed by atoms with van der Waals surface area (Å²) in [7, 11) is 5.86. The third kappa shape index (κ3) is 5.38. The number of nitrogens with two attached hydrogens (primary N) is 1. The summed E-state index contributed by atoms with van der Waals surface area (Å²) in [5.74, 6) is 0.0918. The normalized spacial score (nSPS) is 12.9. The van der Waals surface area contributed by atoms with Gasteiger partial charge in [-0.25, -0.2) is 0 Å². The third-order valence-electron chi connectivity index (χ3n) is 3.81. The molecule has 1 rings (SSSR count). The summed E-state index contributed by atoms with van der Waals surface area (Å²) < 4.78 is 0. The van der Waals surface area contributed by atoms with Crippen LogP contribution in [0.4, 0.5) is 5.69 Å². The molecule has 0 spiro atoms. The second-order valence-electron chi connectivity index (χ2n) is 6.99. The average Bonchev–Trinajstić information content (AvgIpc) is 2.37. The number of hydrogen-bond donors (Lipinski definition) is 1. The minimum absolute atomic E-state index is 0.0517. The highest BCUT2D eigenvalue weighted by atomic mass is 16.2. The largest absolute Gasteiger partial charge is 0.378 e. The Morgan fingerprint density at radius 1 is 1.14 bits per heavy atom. The maximum atomic E-state index is 12.2. The average molecular weight is 291 g/mol. The molecule has 4 heteroatoms. The van der Waals surface area contributed by atoms with Crippen molar-refractivity contribution in [2.75, 3.05) is 26.0 Å². The van der Waals surface area contributed by atoms with Gasteiger partial charge in [0.2, 0.25) is 5.91 Å². The smallest absolute Gasteiger partial charge is 0.224 e. The Morgan fingerprint density at radius 2 is 1.67 bits per heavy atom. The molecule has 0 saturated heterocycles. The lowest BCUT2D eigenvalue weighted by atomic mass is 9.85. The van der Waals surface area contributed by atoms with E-state index in [4.69, 9.17) is 5.73 Å². The van der Waals surface area contributed by atoms with E-state index in [1.165, 1.54) is 0 Å². The first kappa shape index (κ1) is 17.5. The summed E-state index contributed by atoms with van der Waals surface area (Å²) in [5, 5.41) is 0. The van der Waals surface area contributed by atoms with Crippen LogP contribution in [-0.4, -0.2) is 38.0 Å². The van der Waals surface area contributed by atoms with Crippen molar-refractivity contribution in [1.82, 2.24) is 4.90 Å². The summed E-state index contributed by atoms with van der Waals surface area (Å²) in [6, 6.07) is 8.12. The van der Waals surface area contributed by atoms with Crippen LogP contribution in [0.5, 0.6) is 0 Å². The van der Waals surface area contributed by atoms with Gasteiger partial charge in [0, 0.05) is 45.8 Å². The molecular weight excluding hydrogens is 262 g/mol. The Morgan fingerprint density at radius 3 is 2.10 bits per heavy atom. The molecule has 0 fully saturated rings. The molecule has 1 atom stereocenters. The molecule has 0 heterocycles. The fourth-order valence-electron chi connectivity index (χ4n) is 1.91. The predicted octanol–water partition coefficient (Wildman–Crippen LogP) is 2.47. The molecule has 0 aliphatic heterocycles. The van der Waals surface area contributed by atoms with Crippen molar-refractivity contribution in [3.8, 4) is 0 Å². The lowest BCUT2D eigenvalue weighted by molar-refractivity contribution is -0.131. The van der Waals surface area contributed by atoms with Crippen molar-refractivity contribution in [3.63, 3.8) is 0 Å². The Labute approximate surface area is 128 Å². The zero-order chi connectivity index (χ0) is 16.2. The first-order chi connectivity index (χ1) is 9.61. The Hall–Kier alpha value is -1.55. The molecule has 0 aliphatic rings. The zero-order valence-corrected chi connectivity index (χ0v) is 14.2. The SMILES string of the molecule is CN(Cc1ccc(N(C)C)cc1)C(=O)CC(N)C(C)(C)C. The van der Waals surface area contributed by atoms with E-state index in [-0.39, 0.29) is 17.4 Å². The third-order valence-corrected chi connectivity index (χ3v) is 3.81. The molecule has 1 aromatic carbocycles. The van der Waals surface area contributed by atoms with Crippen LogP contribution in [0.15, 0.2) is 24.3 Å². The summed E-state index contributed by atoms with van der Waals surface area (Å²) in [6.45, 7) is 6.80. The standard InChI is InChI=1S/C17H29N3O/c1-17(2,3)15(18)11-16(21)20(6)12-13-7-9-14(10-8-13)19(4)5/h7-10,15H,11-12,18H2,1-6H3. The molecule has 0 bridgehead atoms. The molecule has 0 radical (unpaired) electrons. The number of carbonyl (C=O) groups is 1. The highest BCUT2D eigenvalue weighted by Crippen LogP contribution is 2.20. The van der Waals surface area contributed by atoms with Gasteiger partial charge in [0.1, 0.15) is 0 Å². The highest BCUT2D eigenvalue weighted by Gasteiger charge is 2.24. The lowest BCUT2D eigenvalue weighted by Crippen LogP contribution is -2.40.